The summed E-state index contributed by atoms with van der Waals surface area (Å²) in [7, 11) is -2.26. The molecular formula is C19H24N2O4S. The van der Waals surface area contributed by atoms with Gasteiger partial charge in [-0.3, -0.25) is 4.79 Å². The third kappa shape index (κ3) is 4.62. The number of rotatable bonds is 7. The van der Waals surface area contributed by atoms with Gasteiger partial charge in [0.2, 0.25) is 15.9 Å². The van der Waals surface area contributed by atoms with Gasteiger partial charge in [-0.05, 0) is 55.2 Å². The van der Waals surface area contributed by atoms with E-state index >= 15 is 0 Å². The van der Waals surface area contributed by atoms with E-state index in [-0.39, 0.29) is 11.4 Å². The third-order valence-corrected chi connectivity index (χ3v) is 5.50. The van der Waals surface area contributed by atoms with E-state index in [0.717, 1.165) is 23.2 Å². The molecule has 2 N–H and O–H groups in total. The van der Waals surface area contributed by atoms with Gasteiger partial charge in [0.15, 0.2) is 0 Å². The number of sulfonamides is 1. The average molecular weight is 376 g/mol. The smallest absolute Gasteiger partial charge is 0.241 e. The van der Waals surface area contributed by atoms with E-state index in [0.29, 0.717) is 11.3 Å². The highest BCUT2D eigenvalue weighted by atomic mass is 32.2. The summed E-state index contributed by atoms with van der Waals surface area (Å²) in [6.45, 7) is 5.32. The van der Waals surface area contributed by atoms with Gasteiger partial charge in [-0.2, -0.15) is 0 Å². The number of methoxy groups -OCH3 is 1. The van der Waals surface area contributed by atoms with E-state index in [9.17, 15) is 13.2 Å². The zero-order valence-corrected chi connectivity index (χ0v) is 16.2. The minimum absolute atomic E-state index is 0.0914. The van der Waals surface area contributed by atoms with E-state index in [1.807, 2.05) is 32.0 Å². The minimum atomic E-state index is -3.79. The van der Waals surface area contributed by atoms with Crippen molar-refractivity contribution in [2.45, 2.75) is 32.1 Å². The maximum absolute atomic E-state index is 12.4. The summed E-state index contributed by atoms with van der Waals surface area (Å²) < 4.78 is 32.3. The molecule has 2 aromatic carbocycles. The topological polar surface area (TPSA) is 84.5 Å². The van der Waals surface area contributed by atoms with Gasteiger partial charge in [0, 0.05) is 5.69 Å². The van der Waals surface area contributed by atoms with Crippen LogP contribution in [0, 0.1) is 13.8 Å². The first-order chi connectivity index (χ1) is 12.3. The Balaban J connectivity index is 2.08. The highest BCUT2D eigenvalue weighted by Gasteiger charge is 2.17. The standard InChI is InChI=1S/C19H24N2O4S/c1-5-15-8-6-7-13(2)19(15)21-18(22)12-20-26(23,24)16-9-10-17(25-4)14(3)11-16/h6-11,20H,5,12H2,1-4H3,(H,21,22). The summed E-state index contributed by atoms with van der Waals surface area (Å²) in [5.41, 5.74) is 3.38. The highest BCUT2D eigenvalue weighted by molar-refractivity contribution is 7.89. The summed E-state index contributed by atoms with van der Waals surface area (Å²) >= 11 is 0. The minimum Gasteiger partial charge on any atom is -0.496 e. The molecule has 0 aliphatic carbocycles. The predicted octanol–water partition coefficient (Wildman–Crippen LogP) is 2.79. The Labute approximate surface area is 154 Å². The van der Waals surface area contributed by atoms with Crippen LogP contribution in [0.1, 0.15) is 23.6 Å². The predicted molar refractivity (Wildman–Crippen MR) is 102 cm³/mol. The molecule has 0 heterocycles. The van der Waals surface area contributed by atoms with E-state index in [1.165, 1.54) is 19.2 Å². The van der Waals surface area contributed by atoms with Gasteiger partial charge < -0.3 is 10.1 Å². The van der Waals surface area contributed by atoms with Gasteiger partial charge in [-0.25, -0.2) is 13.1 Å². The summed E-state index contributed by atoms with van der Waals surface area (Å²) in [5.74, 6) is 0.191. The van der Waals surface area contributed by atoms with Crippen LogP contribution in [0.3, 0.4) is 0 Å². The van der Waals surface area contributed by atoms with Crippen molar-refractivity contribution >= 4 is 21.6 Å². The molecule has 0 spiro atoms. The molecule has 0 bridgehead atoms. The van der Waals surface area contributed by atoms with Crippen molar-refractivity contribution in [3.05, 3.63) is 53.1 Å². The maximum Gasteiger partial charge on any atom is 0.241 e. The van der Waals surface area contributed by atoms with Gasteiger partial charge in [0.1, 0.15) is 5.75 Å². The molecule has 1 amide bonds. The largest absolute Gasteiger partial charge is 0.496 e. The third-order valence-electron chi connectivity index (χ3n) is 4.10. The number of anilines is 1. The molecule has 0 fully saturated rings. The lowest BCUT2D eigenvalue weighted by atomic mass is 10.1. The second-order valence-corrected chi connectivity index (χ2v) is 7.73. The van der Waals surface area contributed by atoms with Crippen LogP contribution in [-0.2, 0) is 21.2 Å². The molecule has 0 unspecified atom stereocenters. The number of carbonyl (C=O) groups excluding carboxylic acids is 1. The van der Waals surface area contributed by atoms with Crippen molar-refractivity contribution in [2.24, 2.45) is 0 Å². The van der Waals surface area contributed by atoms with Gasteiger partial charge in [0.05, 0.1) is 18.6 Å². The van der Waals surface area contributed by atoms with Crippen LogP contribution >= 0.6 is 0 Å². The summed E-state index contributed by atoms with van der Waals surface area (Å²) in [6, 6.07) is 10.3. The monoisotopic (exact) mass is 376 g/mol. The molecule has 7 heteroatoms. The summed E-state index contributed by atoms with van der Waals surface area (Å²) in [6.07, 6.45) is 0.772. The van der Waals surface area contributed by atoms with Crippen LogP contribution in [0.25, 0.3) is 0 Å². The normalized spacial score (nSPS) is 11.2. The van der Waals surface area contributed by atoms with Crippen molar-refractivity contribution < 1.29 is 17.9 Å². The van der Waals surface area contributed by atoms with Crippen molar-refractivity contribution in [3.8, 4) is 5.75 Å². The van der Waals surface area contributed by atoms with Crippen molar-refractivity contribution in [1.82, 2.24) is 4.72 Å². The molecule has 2 rings (SSSR count). The first-order valence-electron chi connectivity index (χ1n) is 8.31. The van der Waals surface area contributed by atoms with Crippen molar-refractivity contribution in [3.63, 3.8) is 0 Å². The molecule has 0 saturated carbocycles. The second kappa shape index (κ2) is 8.33. The number of ether oxygens (including phenoxy) is 1. The summed E-state index contributed by atoms with van der Waals surface area (Å²) in [5, 5.41) is 2.80. The van der Waals surface area contributed by atoms with E-state index in [2.05, 4.69) is 10.0 Å². The van der Waals surface area contributed by atoms with Crippen LogP contribution in [0.2, 0.25) is 0 Å². The lowest BCUT2D eigenvalue weighted by Crippen LogP contribution is -2.33. The van der Waals surface area contributed by atoms with Crippen molar-refractivity contribution in [2.75, 3.05) is 19.0 Å². The van der Waals surface area contributed by atoms with Gasteiger partial charge in [-0.1, -0.05) is 25.1 Å². The molecule has 6 nitrogen and oxygen atoms in total. The first kappa shape index (κ1) is 19.9. The molecule has 0 aliphatic heterocycles. The Hall–Kier alpha value is -2.38. The van der Waals surface area contributed by atoms with Crippen LogP contribution in [-0.4, -0.2) is 28.0 Å². The number of benzene rings is 2. The number of aryl methyl sites for hydroxylation is 3. The number of carbonyl (C=O) groups is 1. The molecule has 2 aromatic rings. The molecular weight excluding hydrogens is 352 g/mol. The molecule has 140 valence electrons. The number of hydrogen-bond acceptors (Lipinski definition) is 4. The molecule has 0 saturated heterocycles. The Bertz CT molecular complexity index is 908. The molecule has 0 aliphatic rings. The van der Waals surface area contributed by atoms with Gasteiger partial charge >= 0.3 is 0 Å². The Morgan fingerprint density at radius 3 is 2.46 bits per heavy atom. The number of amides is 1. The Morgan fingerprint density at radius 2 is 1.85 bits per heavy atom. The van der Waals surface area contributed by atoms with E-state index in [4.69, 9.17) is 4.74 Å². The Morgan fingerprint density at radius 1 is 1.12 bits per heavy atom. The number of hydrogen-bond donors (Lipinski definition) is 2. The molecule has 0 aromatic heterocycles. The van der Waals surface area contributed by atoms with E-state index in [1.54, 1.807) is 13.0 Å². The van der Waals surface area contributed by atoms with Gasteiger partial charge in [0.25, 0.3) is 0 Å². The zero-order valence-electron chi connectivity index (χ0n) is 15.4. The summed E-state index contributed by atoms with van der Waals surface area (Å²) in [4.78, 5) is 12.3. The lowest BCUT2D eigenvalue weighted by Gasteiger charge is -2.14. The molecule has 26 heavy (non-hydrogen) atoms. The quantitative estimate of drug-likeness (QED) is 0.778. The average Bonchev–Trinajstić information content (AvgIpc) is 2.61. The number of para-hydroxylation sites is 1. The SMILES string of the molecule is CCc1cccc(C)c1NC(=O)CNS(=O)(=O)c1ccc(OC)c(C)c1. The fourth-order valence-electron chi connectivity index (χ4n) is 2.65. The van der Waals surface area contributed by atoms with Crippen LogP contribution < -0.4 is 14.8 Å². The van der Waals surface area contributed by atoms with Crippen LogP contribution in [0.15, 0.2) is 41.3 Å². The van der Waals surface area contributed by atoms with Crippen LogP contribution in [0.5, 0.6) is 5.75 Å². The highest BCUT2D eigenvalue weighted by Crippen LogP contribution is 2.22. The Kier molecular flexibility index (Phi) is 6.39. The lowest BCUT2D eigenvalue weighted by molar-refractivity contribution is -0.115. The van der Waals surface area contributed by atoms with E-state index < -0.39 is 15.9 Å². The number of nitrogens with one attached hydrogen (secondary N) is 2. The van der Waals surface area contributed by atoms with Crippen molar-refractivity contribution in [1.29, 1.82) is 0 Å². The molecule has 0 atom stereocenters. The first-order valence-corrected chi connectivity index (χ1v) is 9.79. The second-order valence-electron chi connectivity index (χ2n) is 5.97. The molecule has 0 radical (unpaired) electrons. The van der Waals surface area contributed by atoms with Crippen LogP contribution in [0.4, 0.5) is 5.69 Å². The van der Waals surface area contributed by atoms with Gasteiger partial charge in [-0.15, -0.1) is 0 Å². The maximum atomic E-state index is 12.4. The fourth-order valence-corrected chi connectivity index (χ4v) is 3.71. The fraction of sp³-hybridized carbons (Fsp3) is 0.316. The zero-order chi connectivity index (χ0) is 19.3.